The molecule has 1 saturated heterocycles. The Balaban J connectivity index is 1.68. The summed E-state index contributed by atoms with van der Waals surface area (Å²) in [6.45, 7) is 0.690. The van der Waals surface area contributed by atoms with Crippen LogP contribution >= 0.6 is 22.9 Å². The van der Waals surface area contributed by atoms with Crippen LogP contribution in [0.3, 0.4) is 0 Å². The summed E-state index contributed by atoms with van der Waals surface area (Å²) in [5.41, 5.74) is 0. The van der Waals surface area contributed by atoms with Gasteiger partial charge in [-0.15, -0.1) is 11.3 Å². The quantitative estimate of drug-likeness (QED) is 0.780. The molecule has 1 aliphatic heterocycles. The van der Waals surface area contributed by atoms with Crippen molar-refractivity contribution >= 4 is 38.8 Å². The van der Waals surface area contributed by atoms with Crippen LogP contribution in [0.15, 0.2) is 28.7 Å². The number of hydrogen-bond acceptors (Lipinski definition) is 7. The largest absolute Gasteiger partial charge is 0.472 e. The van der Waals surface area contributed by atoms with Gasteiger partial charge in [0.15, 0.2) is 5.82 Å². The van der Waals surface area contributed by atoms with Gasteiger partial charge in [-0.1, -0.05) is 11.6 Å². The number of thiophene rings is 1. The third-order valence-electron chi connectivity index (χ3n) is 3.60. The smallest absolute Gasteiger partial charge is 0.252 e. The Morgan fingerprint density at radius 2 is 2.17 bits per heavy atom. The molecule has 0 N–H and O–H groups in total. The first-order valence-corrected chi connectivity index (χ1v) is 9.91. The van der Waals surface area contributed by atoms with E-state index >= 15 is 0 Å². The first-order chi connectivity index (χ1) is 11.4. The van der Waals surface area contributed by atoms with E-state index in [0.717, 1.165) is 11.3 Å². The molecule has 3 rings (SSSR count). The second kappa shape index (κ2) is 6.83. The molecule has 2 aromatic heterocycles. The van der Waals surface area contributed by atoms with Crippen LogP contribution in [0.2, 0.25) is 4.34 Å². The average Bonchev–Trinajstić information content (AvgIpc) is 3.17. The monoisotopic (exact) mass is 388 g/mol. The first-order valence-electron chi connectivity index (χ1n) is 7.28. The Kier molecular flexibility index (Phi) is 4.95. The van der Waals surface area contributed by atoms with Crippen LogP contribution in [0.4, 0.5) is 5.82 Å². The van der Waals surface area contributed by atoms with Crippen molar-refractivity contribution in [2.24, 2.45) is 0 Å². The number of halogens is 1. The van der Waals surface area contributed by atoms with Crippen molar-refractivity contribution in [3.05, 3.63) is 28.9 Å². The summed E-state index contributed by atoms with van der Waals surface area (Å²) in [6.07, 6.45) is 3.52. The molecule has 1 atom stereocenters. The number of rotatable bonds is 5. The summed E-state index contributed by atoms with van der Waals surface area (Å²) in [5, 5.41) is 0. The van der Waals surface area contributed by atoms with Crippen molar-refractivity contribution in [3.8, 4) is 5.88 Å². The SMILES string of the molecule is CN(C)c1cncc(OC2CCN(S(=O)(=O)c3ccc(Cl)s3)C2)n1. The molecule has 3 heterocycles. The summed E-state index contributed by atoms with van der Waals surface area (Å²) in [5.74, 6) is 1.08. The Labute approximate surface area is 149 Å². The zero-order chi connectivity index (χ0) is 17.3. The van der Waals surface area contributed by atoms with Crippen LogP contribution in [0.25, 0.3) is 0 Å². The molecular weight excluding hydrogens is 372 g/mol. The Bertz CT molecular complexity index is 825. The predicted octanol–water partition coefficient (Wildman–Crippen LogP) is 2.10. The molecule has 0 saturated carbocycles. The Morgan fingerprint density at radius 1 is 1.38 bits per heavy atom. The normalized spacial score (nSPS) is 18.7. The number of aromatic nitrogens is 2. The highest BCUT2D eigenvalue weighted by atomic mass is 35.5. The molecule has 1 unspecified atom stereocenters. The van der Waals surface area contributed by atoms with E-state index in [2.05, 4.69) is 9.97 Å². The van der Waals surface area contributed by atoms with E-state index in [4.69, 9.17) is 16.3 Å². The van der Waals surface area contributed by atoms with Crippen LogP contribution in [0, 0.1) is 0 Å². The molecule has 1 fully saturated rings. The van der Waals surface area contributed by atoms with Crippen LogP contribution in [-0.2, 0) is 10.0 Å². The van der Waals surface area contributed by atoms with Gasteiger partial charge in [0.2, 0.25) is 5.88 Å². The number of anilines is 1. The van der Waals surface area contributed by atoms with Gasteiger partial charge in [0.25, 0.3) is 10.0 Å². The first kappa shape index (κ1) is 17.4. The number of nitrogens with zero attached hydrogens (tertiary/aromatic N) is 4. The van der Waals surface area contributed by atoms with E-state index in [1.165, 1.54) is 16.6 Å². The molecule has 0 bridgehead atoms. The summed E-state index contributed by atoms with van der Waals surface area (Å²) in [7, 11) is 0.208. The highest BCUT2D eigenvalue weighted by Gasteiger charge is 2.34. The second-order valence-electron chi connectivity index (χ2n) is 5.56. The summed E-state index contributed by atoms with van der Waals surface area (Å²) in [6, 6.07) is 3.12. The van der Waals surface area contributed by atoms with Gasteiger partial charge in [0.1, 0.15) is 10.3 Å². The van der Waals surface area contributed by atoms with E-state index in [9.17, 15) is 8.42 Å². The maximum atomic E-state index is 12.6. The molecule has 130 valence electrons. The minimum atomic E-state index is -3.52. The highest BCUT2D eigenvalue weighted by Crippen LogP contribution is 2.30. The van der Waals surface area contributed by atoms with E-state index in [-0.39, 0.29) is 16.9 Å². The number of ether oxygens (including phenoxy) is 1. The van der Waals surface area contributed by atoms with Crippen molar-refractivity contribution in [1.82, 2.24) is 14.3 Å². The lowest BCUT2D eigenvalue weighted by Gasteiger charge is -2.17. The third kappa shape index (κ3) is 3.64. The molecule has 2 aromatic rings. The minimum Gasteiger partial charge on any atom is -0.472 e. The van der Waals surface area contributed by atoms with E-state index in [1.807, 2.05) is 19.0 Å². The number of sulfonamides is 1. The summed E-state index contributed by atoms with van der Waals surface area (Å²) in [4.78, 5) is 10.3. The minimum absolute atomic E-state index is 0.248. The standard InChI is InChI=1S/C14H17ClN4O3S2/c1-18(2)12-7-16-8-13(17-12)22-10-5-6-19(9-10)24(20,21)14-4-3-11(15)23-14/h3-4,7-8,10H,5-6,9H2,1-2H3. The van der Waals surface area contributed by atoms with Crippen molar-refractivity contribution in [3.63, 3.8) is 0 Å². The van der Waals surface area contributed by atoms with E-state index < -0.39 is 10.0 Å². The fraction of sp³-hybridized carbons (Fsp3) is 0.429. The Morgan fingerprint density at radius 3 is 2.83 bits per heavy atom. The van der Waals surface area contributed by atoms with Gasteiger partial charge in [-0.25, -0.2) is 8.42 Å². The van der Waals surface area contributed by atoms with Crippen molar-refractivity contribution in [2.45, 2.75) is 16.7 Å². The van der Waals surface area contributed by atoms with Gasteiger partial charge in [-0.2, -0.15) is 9.29 Å². The fourth-order valence-electron chi connectivity index (χ4n) is 2.36. The highest BCUT2D eigenvalue weighted by molar-refractivity contribution is 7.91. The maximum Gasteiger partial charge on any atom is 0.252 e. The summed E-state index contributed by atoms with van der Waals surface area (Å²) >= 11 is 6.90. The van der Waals surface area contributed by atoms with E-state index in [1.54, 1.807) is 12.3 Å². The van der Waals surface area contributed by atoms with Gasteiger partial charge >= 0.3 is 0 Å². The topological polar surface area (TPSA) is 75.6 Å². The molecule has 7 nitrogen and oxygen atoms in total. The Hall–Kier alpha value is -1.42. The molecular formula is C14H17ClN4O3S2. The zero-order valence-corrected chi connectivity index (χ0v) is 15.6. The molecule has 0 spiro atoms. The average molecular weight is 389 g/mol. The lowest BCUT2D eigenvalue weighted by Crippen LogP contribution is -2.30. The van der Waals surface area contributed by atoms with Gasteiger partial charge in [0, 0.05) is 20.6 Å². The second-order valence-corrected chi connectivity index (χ2v) is 9.44. The van der Waals surface area contributed by atoms with Gasteiger partial charge in [-0.05, 0) is 18.6 Å². The van der Waals surface area contributed by atoms with Crippen LogP contribution in [-0.4, -0.2) is 56.0 Å². The van der Waals surface area contributed by atoms with E-state index in [0.29, 0.717) is 29.0 Å². The van der Waals surface area contributed by atoms with Gasteiger partial charge in [-0.3, -0.25) is 4.98 Å². The molecule has 24 heavy (non-hydrogen) atoms. The van der Waals surface area contributed by atoms with Crippen molar-refractivity contribution < 1.29 is 13.2 Å². The van der Waals surface area contributed by atoms with Crippen LogP contribution in [0.1, 0.15) is 6.42 Å². The lowest BCUT2D eigenvalue weighted by atomic mass is 10.3. The predicted molar refractivity (Wildman–Crippen MR) is 93.5 cm³/mol. The van der Waals surface area contributed by atoms with Gasteiger partial charge < -0.3 is 9.64 Å². The van der Waals surface area contributed by atoms with Crippen LogP contribution < -0.4 is 9.64 Å². The maximum absolute atomic E-state index is 12.6. The molecule has 10 heteroatoms. The third-order valence-corrected chi connectivity index (χ3v) is 7.16. The fourth-order valence-corrected chi connectivity index (χ4v) is 5.48. The lowest BCUT2D eigenvalue weighted by molar-refractivity contribution is 0.206. The molecule has 0 aromatic carbocycles. The number of hydrogen-bond donors (Lipinski definition) is 0. The molecule has 1 aliphatic rings. The van der Waals surface area contributed by atoms with Crippen LogP contribution in [0.5, 0.6) is 5.88 Å². The van der Waals surface area contributed by atoms with Gasteiger partial charge in [0.05, 0.1) is 23.3 Å². The molecule has 0 radical (unpaired) electrons. The molecule has 0 aliphatic carbocycles. The summed E-state index contributed by atoms with van der Waals surface area (Å²) < 4.78 is 33.1. The van der Waals surface area contributed by atoms with Crippen molar-refractivity contribution in [2.75, 3.05) is 32.1 Å². The van der Waals surface area contributed by atoms with Crippen molar-refractivity contribution in [1.29, 1.82) is 0 Å². The zero-order valence-electron chi connectivity index (χ0n) is 13.2. The molecule has 0 amide bonds.